The first-order valence-corrected chi connectivity index (χ1v) is 7.00. The van der Waals surface area contributed by atoms with Gasteiger partial charge in [-0.1, -0.05) is 30.3 Å². The van der Waals surface area contributed by atoms with E-state index in [9.17, 15) is 4.39 Å². The molecule has 0 saturated carbocycles. The van der Waals surface area contributed by atoms with Crippen LogP contribution in [0.15, 0.2) is 59.2 Å². The Hall–Kier alpha value is -1.78. The van der Waals surface area contributed by atoms with E-state index < -0.39 is 6.04 Å². The number of hydrogen-bond donors (Lipinski definition) is 1. The van der Waals surface area contributed by atoms with Gasteiger partial charge >= 0.3 is 0 Å². The van der Waals surface area contributed by atoms with Crippen LogP contribution >= 0.6 is 15.9 Å². The predicted molar refractivity (Wildman–Crippen MR) is 81.9 cm³/mol. The first-order valence-electron chi connectivity index (χ1n) is 6.21. The van der Waals surface area contributed by atoms with Crippen LogP contribution in [0.4, 0.5) is 4.39 Å². The number of hydrogen-bond acceptors (Lipinski definition) is 2. The second-order valence-electron chi connectivity index (χ2n) is 4.58. The van der Waals surface area contributed by atoms with E-state index >= 15 is 0 Å². The zero-order valence-electron chi connectivity index (χ0n) is 10.6. The normalized spacial score (nSPS) is 12.6. The average molecular weight is 331 g/mol. The first kappa shape index (κ1) is 13.2. The molecule has 0 spiro atoms. The highest BCUT2D eigenvalue weighted by molar-refractivity contribution is 9.10. The maximum absolute atomic E-state index is 14.1. The van der Waals surface area contributed by atoms with Crippen LogP contribution < -0.4 is 5.73 Å². The van der Waals surface area contributed by atoms with Crippen LogP contribution in [0.2, 0.25) is 0 Å². The molecule has 0 fully saturated rings. The van der Waals surface area contributed by atoms with Gasteiger partial charge in [0.25, 0.3) is 0 Å². The van der Waals surface area contributed by atoms with Crippen molar-refractivity contribution in [1.82, 2.24) is 4.98 Å². The van der Waals surface area contributed by atoms with Crippen LogP contribution in [0.25, 0.3) is 10.9 Å². The van der Waals surface area contributed by atoms with E-state index in [1.807, 2.05) is 30.3 Å². The van der Waals surface area contributed by atoms with Crippen molar-refractivity contribution in [1.29, 1.82) is 0 Å². The molecular weight excluding hydrogens is 319 g/mol. The van der Waals surface area contributed by atoms with E-state index in [1.165, 1.54) is 0 Å². The highest BCUT2D eigenvalue weighted by Gasteiger charge is 2.16. The van der Waals surface area contributed by atoms with Crippen LogP contribution in [0.5, 0.6) is 0 Å². The maximum Gasteiger partial charge on any atom is 0.142 e. The molecule has 20 heavy (non-hydrogen) atoms. The largest absolute Gasteiger partial charge is 0.320 e. The van der Waals surface area contributed by atoms with E-state index in [4.69, 9.17) is 5.73 Å². The number of fused-ring (bicyclic) bond motifs is 1. The summed E-state index contributed by atoms with van der Waals surface area (Å²) in [5.74, 6) is -0.326. The number of benzene rings is 2. The molecule has 1 heterocycles. The second kappa shape index (κ2) is 5.31. The third-order valence-electron chi connectivity index (χ3n) is 3.29. The summed E-state index contributed by atoms with van der Waals surface area (Å²) in [4.78, 5) is 4.37. The second-order valence-corrected chi connectivity index (χ2v) is 5.44. The summed E-state index contributed by atoms with van der Waals surface area (Å²) in [5.41, 5.74) is 8.32. The molecule has 2 N–H and O–H groups in total. The van der Waals surface area contributed by atoms with Gasteiger partial charge in [0.1, 0.15) is 5.82 Å². The summed E-state index contributed by atoms with van der Waals surface area (Å²) in [7, 11) is 0. The molecule has 1 unspecified atom stereocenters. The van der Waals surface area contributed by atoms with E-state index in [1.54, 1.807) is 24.4 Å². The highest BCUT2D eigenvalue weighted by atomic mass is 79.9. The minimum absolute atomic E-state index is 0.326. The molecule has 2 nitrogen and oxygen atoms in total. The minimum atomic E-state index is -0.537. The van der Waals surface area contributed by atoms with Gasteiger partial charge in [-0.2, -0.15) is 0 Å². The molecule has 1 atom stereocenters. The lowest BCUT2D eigenvalue weighted by molar-refractivity contribution is 0.593. The Balaban J connectivity index is 2.08. The van der Waals surface area contributed by atoms with Gasteiger partial charge in [0.15, 0.2) is 0 Å². The zero-order valence-corrected chi connectivity index (χ0v) is 12.1. The lowest BCUT2D eigenvalue weighted by atomic mass is 9.99. The van der Waals surface area contributed by atoms with Gasteiger partial charge in [0.05, 0.1) is 16.0 Å². The van der Waals surface area contributed by atoms with Crippen molar-refractivity contribution < 1.29 is 4.39 Å². The van der Waals surface area contributed by atoms with Crippen LogP contribution in [0, 0.1) is 5.82 Å². The molecule has 0 radical (unpaired) electrons. The molecule has 0 aliphatic heterocycles. The van der Waals surface area contributed by atoms with Crippen LogP contribution in [-0.2, 0) is 0 Å². The Kier molecular flexibility index (Phi) is 3.51. The van der Waals surface area contributed by atoms with Crippen molar-refractivity contribution in [2.45, 2.75) is 6.04 Å². The van der Waals surface area contributed by atoms with Crippen molar-refractivity contribution in [3.8, 4) is 0 Å². The molecule has 0 amide bonds. The number of nitrogens with two attached hydrogens (primary N) is 1. The van der Waals surface area contributed by atoms with E-state index in [-0.39, 0.29) is 5.82 Å². The number of rotatable bonds is 2. The molecule has 0 saturated heterocycles. The van der Waals surface area contributed by atoms with Crippen LogP contribution in [0.3, 0.4) is 0 Å². The number of halogens is 2. The molecule has 1 aromatic heterocycles. The number of para-hydroxylation sites is 1. The summed E-state index contributed by atoms with van der Waals surface area (Å²) < 4.78 is 14.5. The molecule has 3 aromatic rings. The van der Waals surface area contributed by atoms with Crippen molar-refractivity contribution in [2.75, 3.05) is 0 Å². The SMILES string of the molecule is NC(c1cnc2ccccc2c1)c1cccc(Br)c1F. The summed E-state index contributed by atoms with van der Waals surface area (Å²) >= 11 is 3.18. The molecule has 100 valence electrons. The Labute approximate surface area is 124 Å². The average Bonchev–Trinajstić information content (AvgIpc) is 2.49. The first-order chi connectivity index (χ1) is 9.66. The van der Waals surface area contributed by atoms with Crippen LogP contribution in [0.1, 0.15) is 17.2 Å². The third-order valence-corrected chi connectivity index (χ3v) is 3.90. The van der Waals surface area contributed by atoms with Gasteiger partial charge in [0, 0.05) is 17.1 Å². The Bertz CT molecular complexity index is 773. The summed E-state index contributed by atoms with van der Waals surface area (Å²) in [6.45, 7) is 0. The van der Waals surface area contributed by atoms with E-state index in [0.717, 1.165) is 16.5 Å². The topological polar surface area (TPSA) is 38.9 Å². The molecule has 0 aliphatic carbocycles. The van der Waals surface area contributed by atoms with Gasteiger partial charge in [0.2, 0.25) is 0 Å². The van der Waals surface area contributed by atoms with Gasteiger partial charge < -0.3 is 5.73 Å². The molecule has 4 heteroatoms. The van der Waals surface area contributed by atoms with Gasteiger partial charge in [-0.15, -0.1) is 0 Å². The molecule has 0 aliphatic rings. The molecule has 2 aromatic carbocycles. The Morgan fingerprint density at radius 1 is 1.10 bits per heavy atom. The van der Waals surface area contributed by atoms with Crippen molar-refractivity contribution >= 4 is 26.8 Å². The quantitative estimate of drug-likeness (QED) is 0.765. The molecule has 0 bridgehead atoms. The highest BCUT2D eigenvalue weighted by Crippen LogP contribution is 2.27. The summed E-state index contributed by atoms with van der Waals surface area (Å²) in [5, 5.41) is 0.996. The van der Waals surface area contributed by atoms with Gasteiger partial charge in [-0.3, -0.25) is 4.98 Å². The molecule has 3 rings (SSSR count). The molecular formula is C16H12BrFN2. The monoisotopic (exact) mass is 330 g/mol. The zero-order chi connectivity index (χ0) is 14.1. The maximum atomic E-state index is 14.1. The lowest BCUT2D eigenvalue weighted by Crippen LogP contribution is -2.14. The smallest absolute Gasteiger partial charge is 0.142 e. The fourth-order valence-corrected chi connectivity index (χ4v) is 2.58. The summed E-state index contributed by atoms with van der Waals surface area (Å²) in [6.07, 6.45) is 1.70. The van der Waals surface area contributed by atoms with Crippen molar-refractivity contribution in [3.63, 3.8) is 0 Å². The number of nitrogens with zero attached hydrogens (tertiary/aromatic N) is 1. The van der Waals surface area contributed by atoms with E-state index in [2.05, 4.69) is 20.9 Å². The van der Waals surface area contributed by atoms with Gasteiger partial charge in [-0.05, 0) is 39.7 Å². The van der Waals surface area contributed by atoms with E-state index in [0.29, 0.717) is 10.0 Å². The Morgan fingerprint density at radius 3 is 2.75 bits per heavy atom. The van der Waals surface area contributed by atoms with Crippen LogP contribution in [-0.4, -0.2) is 4.98 Å². The number of pyridine rings is 1. The van der Waals surface area contributed by atoms with Gasteiger partial charge in [-0.25, -0.2) is 4.39 Å². The lowest BCUT2D eigenvalue weighted by Gasteiger charge is -2.14. The fraction of sp³-hybridized carbons (Fsp3) is 0.0625. The minimum Gasteiger partial charge on any atom is -0.320 e. The third kappa shape index (κ3) is 2.32. The fourth-order valence-electron chi connectivity index (χ4n) is 2.20. The van der Waals surface area contributed by atoms with Crippen molar-refractivity contribution in [3.05, 3.63) is 76.1 Å². The predicted octanol–water partition coefficient (Wildman–Crippen LogP) is 4.18. The summed E-state index contributed by atoms with van der Waals surface area (Å²) in [6, 6.07) is 14.3. The standard InChI is InChI=1S/C16H12BrFN2/c17-13-6-3-5-12(15(13)18)16(19)11-8-10-4-1-2-7-14(10)20-9-11/h1-9,16H,19H2. The number of aromatic nitrogens is 1. The van der Waals surface area contributed by atoms with Crippen molar-refractivity contribution in [2.24, 2.45) is 5.73 Å². The Morgan fingerprint density at radius 2 is 1.90 bits per heavy atom.